The number of ether oxygens (including phenoxy) is 1. The van der Waals surface area contributed by atoms with Gasteiger partial charge in [-0.2, -0.15) is 0 Å². The van der Waals surface area contributed by atoms with Crippen molar-refractivity contribution >= 4 is 17.5 Å². The van der Waals surface area contributed by atoms with Crippen LogP contribution in [0.3, 0.4) is 0 Å². The van der Waals surface area contributed by atoms with Crippen LogP contribution in [-0.2, 0) is 15.2 Å². The van der Waals surface area contributed by atoms with E-state index in [-0.39, 0.29) is 6.54 Å². The molecule has 24 heavy (non-hydrogen) atoms. The lowest BCUT2D eigenvalue weighted by Crippen LogP contribution is -2.43. The summed E-state index contributed by atoms with van der Waals surface area (Å²) < 4.78 is 10.3. The minimum absolute atomic E-state index is 0.169. The summed E-state index contributed by atoms with van der Waals surface area (Å²) in [6.45, 7) is 3.17. The average Bonchev–Trinajstić information content (AvgIpc) is 3.08. The molecule has 1 heterocycles. The molecule has 7 nitrogen and oxygen atoms in total. The number of aliphatic hydroxyl groups is 1. The first-order chi connectivity index (χ1) is 11.3. The Morgan fingerprint density at radius 3 is 2.67 bits per heavy atom. The number of methoxy groups -OCH3 is 1. The molecule has 0 unspecified atom stereocenters. The van der Waals surface area contributed by atoms with Crippen molar-refractivity contribution in [2.45, 2.75) is 19.4 Å². The first-order valence-corrected chi connectivity index (χ1v) is 7.33. The first-order valence-electron chi connectivity index (χ1n) is 7.33. The van der Waals surface area contributed by atoms with Crippen LogP contribution >= 0.6 is 0 Å². The Bertz CT molecular complexity index is 723. The predicted octanol–water partition coefficient (Wildman–Crippen LogP) is 1.56. The number of anilines is 1. The van der Waals surface area contributed by atoms with Gasteiger partial charge in [0.1, 0.15) is 17.1 Å². The van der Waals surface area contributed by atoms with E-state index in [9.17, 15) is 14.7 Å². The molecule has 1 aromatic heterocycles. The Hall–Kier alpha value is -2.80. The number of carbonyl (C=O) groups excluding carboxylic acids is 2. The lowest BCUT2D eigenvalue weighted by molar-refractivity contribution is -0.136. The fourth-order valence-electron chi connectivity index (χ4n) is 2.10. The Kier molecular flexibility index (Phi) is 5.25. The van der Waals surface area contributed by atoms with Crippen molar-refractivity contribution in [1.82, 2.24) is 5.32 Å². The number of aryl methyl sites for hydroxylation is 1. The van der Waals surface area contributed by atoms with Gasteiger partial charge in [0.05, 0.1) is 25.6 Å². The summed E-state index contributed by atoms with van der Waals surface area (Å²) in [4.78, 5) is 24.0. The molecule has 7 heteroatoms. The van der Waals surface area contributed by atoms with Gasteiger partial charge in [-0.1, -0.05) is 6.07 Å². The van der Waals surface area contributed by atoms with Gasteiger partial charge in [-0.15, -0.1) is 0 Å². The van der Waals surface area contributed by atoms with Crippen LogP contribution in [0.25, 0.3) is 0 Å². The standard InChI is InChI=1S/C17H20N2O5/c1-11-6-7-13(23-3)12(9-11)19-16(21)15(20)18-10-17(2,22)14-5-4-8-24-14/h4-9,22H,10H2,1-3H3,(H,18,20)(H,19,21)/t17-/m0/s1. The molecule has 3 N–H and O–H groups in total. The van der Waals surface area contributed by atoms with Gasteiger partial charge in [0.25, 0.3) is 0 Å². The van der Waals surface area contributed by atoms with E-state index < -0.39 is 17.4 Å². The Morgan fingerprint density at radius 1 is 1.29 bits per heavy atom. The summed E-state index contributed by atoms with van der Waals surface area (Å²) in [5.74, 6) is -0.979. The smallest absolute Gasteiger partial charge is 0.313 e. The molecule has 2 amide bonds. The topological polar surface area (TPSA) is 101 Å². The van der Waals surface area contributed by atoms with Gasteiger partial charge in [0.2, 0.25) is 0 Å². The van der Waals surface area contributed by atoms with Crippen LogP contribution in [0.1, 0.15) is 18.2 Å². The van der Waals surface area contributed by atoms with Crippen LogP contribution in [0.15, 0.2) is 41.0 Å². The van der Waals surface area contributed by atoms with Crippen molar-refractivity contribution in [2.75, 3.05) is 19.0 Å². The van der Waals surface area contributed by atoms with Crippen molar-refractivity contribution in [2.24, 2.45) is 0 Å². The Labute approximate surface area is 139 Å². The first kappa shape index (κ1) is 17.6. The molecule has 0 aliphatic rings. The van der Waals surface area contributed by atoms with Crippen molar-refractivity contribution in [3.8, 4) is 5.75 Å². The number of amides is 2. The zero-order valence-corrected chi connectivity index (χ0v) is 13.8. The van der Waals surface area contributed by atoms with E-state index in [0.29, 0.717) is 17.2 Å². The predicted molar refractivity (Wildman–Crippen MR) is 87.6 cm³/mol. The van der Waals surface area contributed by atoms with Gasteiger partial charge in [0, 0.05) is 0 Å². The largest absolute Gasteiger partial charge is 0.495 e. The molecule has 2 aromatic rings. The lowest BCUT2D eigenvalue weighted by Gasteiger charge is -2.21. The molecule has 0 saturated heterocycles. The number of benzene rings is 1. The monoisotopic (exact) mass is 332 g/mol. The fraction of sp³-hybridized carbons (Fsp3) is 0.294. The maximum Gasteiger partial charge on any atom is 0.313 e. The third-order valence-electron chi connectivity index (χ3n) is 3.45. The highest BCUT2D eigenvalue weighted by Gasteiger charge is 2.28. The summed E-state index contributed by atoms with van der Waals surface area (Å²) in [5.41, 5.74) is -0.108. The molecule has 0 fully saturated rings. The molecular weight excluding hydrogens is 312 g/mol. The van der Waals surface area contributed by atoms with E-state index in [0.717, 1.165) is 5.56 Å². The van der Waals surface area contributed by atoms with Crippen molar-refractivity contribution < 1.29 is 23.8 Å². The Morgan fingerprint density at radius 2 is 2.04 bits per heavy atom. The molecule has 1 aromatic carbocycles. The fourth-order valence-corrected chi connectivity index (χ4v) is 2.10. The van der Waals surface area contributed by atoms with Gasteiger partial charge < -0.3 is 24.9 Å². The number of carbonyl (C=O) groups is 2. The molecule has 128 valence electrons. The molecule has 1 atom stereocenters. The number of hydrogen-bond acceptors (Lipinski definition) is 5. The molecule has 2 rings (SSSR count). The number of rotatable bonds is 5. The number of hydrogen-bond donors (Lipinski definition) is 3. The highest BCUT2D eigenvalue weighted by Crippen LogP contribution is 2.25. The van der Waals surface area contributed by atoms with E-state index in [2.05, 4.69) is 10.6 Å². The summed E-state index contributed by atoms with van der Waals surface area (Å²) in [5, 5.41) is 15.1. The zero-order valence-electron chi connectivity index (χ0n) is 13.8. The SMILES string of the molecule is COc1ccc(C)cc1NC(=O)C(=O)NC[C@](C)(O)c1ccco1. The summed E-state index contributed by atoms with van der Waals surface area (Å²) in [6.07, 6.45) is 1.42. The molecule has 0 aliphatic heterocycles. The molecule has 0 saturated carbocycles. The van der Waals surface area contributed by atoms with Crippen LogP contribution in [0.5, 0.6) is 5.75 Å². The van der Waals surface area contributed by atoms with Gasteiger partial charge in [0.15, 0.2) is 0 Å². The lowest BCUT2D eigenvalue weighted by atomic mass is 10.0. The van der Waals surface area contributed by atoms with Gasteiger partial charge >= 0.3 is 11.8 Å². The van der Waals surface area contributed by atoms with Crippen molar-refractivity contribution in [3.63, 3.8) is 0 Å². The maximum atomic E-state index is 12.0. The third kappa shape index (κ3) is 4.14. The molecule has 0 aliphatic carbocycles. The molecule has 0 bridgehead atoms. The molecular formula is C17H20N2O5. The van der Waals surface area contributed by atoms with Crippen LogP contribution in [-0.4, -0.2) is 30.6 Å². The summed E-state index contributed by atoms with van der Waals surface area (Å²) >= 11 is 0. The van der Waals surface area contributed by atoms with Gasteiger partial charge in [-0.25, -0.2) is 0 Å². The number of nitrogens with one attached hydrogen (secondary N) is 2. The van der Waals surface area contributed by atoms with Crippen LogP contribution in [0.4, 0.5) is 5.69 Å². The second-order valence-electron chi connectivity index (χ2n) is 5.59. The second kappa shape index (κ2) is 7.18. The van der Waals surface area contributed by atoms with Crippen molar-refractivity contribution in [3.05, 3.63) is 47.9 Å². The third-order valence-corrected chi connectivity index (χ3v) is 3.45. The van der Waals surface area contributed by atoms with Crippen molar-refractivity contribution in [1.29, 1.82) is 0 Å². The minimum atomic E-state index is -1.42. The highest BCUT2D eigenvalue weighted by atomic mass is 16.5. The van der Waals surface area contributed by atoms with Crippen LogP contribution in [0.2, 0.25) is 0 Å². The van der Waals surface area contributed by atoms with Gasteiger partial charge in [-0.05, 0) is 43.7 Å². The van der Waals surface area contributed by atoms with E-state index in [1.54, 1.807) is 24.3 Å². The Balaban J connectivity index is 1.98. The van der Waals surface area contributed by atoms with Crippen LogP contribution < -0.4 is 15.4 Å². The van der Waals surface area contributed by atoms with E-state index in [1.165, 1.54) is 20.3 Å². The van der Waals surface area contributed by atoms with E-state index in [1.807, 2.05) is 13.0 Å². The quantitative estimate of drug-likeness (QED) is 0.721. The molecule has 0 spiro atoms. The van der Waals surface area contributed by atoms with E-state index >= 15 is 0 Å². The minimum Gasteiger partial charge on any atom is -0.495 e. The zero-order chi connectivity index (χ0) is 17.7. The van der Waals surface area contributed by atoms with E-state index in [4.69, 9.17) is 9.15 Å². The summed E-state index contributed by atoms with van der Waals surface area (Å²) in [7, 11) is 1.47. The normalized spacial score (nSPS) is 13.0. The van der Waals surface area contributed by atoms with Crippen LogP contribution in [0, 0.1) is 6.92 Å². The molecule has 0 radical (unpaired) electrons. The maximum absolute atomic E-state index is 12.0. The average molecular weight is 332 g/mol. The highest BCUT2D eigenvalue weighted by molar-refractivity contribution is 6.39. The number of furan rings is 1. The summed E-state index contributed by atoms with van der Waals surface area (Å²) in [6, 6.07) is 8.44. The second-order valence-corrected chi connectivity index (χ2v) is 5.59. The van der Waals surface area contributed by atoms with Gasteiger partial charge in [-0.3, -0.25) is 9.59 Å².